The molecule has 3 heterocycles. The average molecular weight is 373 g/mol. The zero-order valence-corrected chi connectivity index (χ0v) is 15.2. The Morgan fingerprint density at radius 1 is 1.26 bits per heavy atom. The summed E-state index contributed by atoms with van der Waals surface area (Å²) in [5, 5.41) is 9.87. The van der Waals surface area contributed by atoms with Crippen LogP contribution in [0.25, 0.3) is 0 Å². The van der Waals surface area contributed by atoms with Crippen molar-refractivity contribution >= 4 is 11.9 Å². The molecular weight excluding hydrogens is 350 g/mol. The Morgan fingerprint density at radius 3 is 2.81 bits per heavy atom. The molecule has 0 bridgehead atoms. The molecule has 1 saturated heterocycles. The van der Waals surface area contributed by atoms with E-state index < -0.39 is 12.0 Å². The summed E-state index contributed by atoms with van der Waals surface area (Å²) in [5.74, 6) is -0.510. The van der Waals surface area contributed by atoms with Gasteiger partial charge in [0.25, 0.3) is 5.91 Å². The van der Waals surface area contributed by atoms with Crippen molar-refractivity contribution in [3.63, 3.8) is 0 Å². The number of ether oxygens (including phenoxy) is 1. The minimum Gasteiger partial charge on any atom is -0.480 e. The van der Waals surface area contributed by atoms with E-state index in [1.807, 2.05) is 11.8 Å². The van der Waals surface area contributed by atoms with Crippen LogP contribution < -0.4 is 4.74 Å². The Hall–Kier alpha value is -2.87. The standard InChI is InChI=1S/C19H23N3O5/c1-2-26-17-14(6-3-8-20-17)16(19(24)25)21-9-5-10-22(12-11-21)18(23)15-7-4-13-27-15/h3-4,6-8,13,16H,2,5,9-12H2,1H3,(H,24,25). The number of carboxylic acids is 1. The molecule has 1 atom stereocenters. The molecule has 0 aliphatic carbocycles. The van der Waals surface area contributed by atoms with Crippen molar-refractivity contribution in [2.24, 2.45) is 0 Å². The van der Waals surface area contributed by atoms with E-state index in [1.54, 1.807) is 35.4 Å². The highest BCUT2D eigenvalue weighted by Gasteiger charge is 2.33. The van der Waals surface area contributed by atoms with Gasteiger partial charge in [0.15, 0.2) is 5.76 Å². The molecule has 2 aromatic rings. The summed E-state index contributed by atoms with van der Waals surface area (Å²) in [6.07, 6.45) is 3.72. The van der Waals surface area contributed by atoms with E-state index in [0.717, 1.165) is 0 Å². The highest BCUT2D eigenvalue weighted by Crippen LogP contribution is 2.29. The molecule has 1 aliphatic rings. The molecule has 27 heavy (non-hydrogen) atoms. The first-order valence-corrected chi connectivity index (χ1v) is 8.99. The number of pyridine rings is 1. The van der Waals surface area contributed by atoms with Crippen LogP contribution in [-0.2, 0) is 4.79 Å². The minimum absolute atomic E-state index is 0.176. The topological polar surface area (TPSA) is 96.1 Å². The lowest BCUT2D eigenvalue weighted by atomic mass is 10.1. The third-order valence-electron chi connectivity index (χ3n) is 4.52. The summed E-state index contributed by atoms with van der Waals surface area (Å²) in [5.41, 5.74) is 0.526. The summed E-state index contributed by atoms with van der Waals surface area (Å²) >= 11 is 0. The van der Waals surface area contributed by atoms with E-state index in [-0.39, 0.29) is 5.91 Å². The molecule has 1 amide bonds. The van der Waals surface area contributed by atoms with Gasteiger partial charge in [-0.25, -0.2) is 4.98 Å². The lowest BCUT2D eigenvalue weighted by Gasteiger charge is -2.28. The first kappa shape index (κ1) is 18.9. The number of hydrogen-bond acceptors (Lipinski definition) is 6. The average Bonchev–Trinajstić information content (AvgIpc) is 3.09. The van der Waals surface area contributed by atoms with E-state index in [4.69, 9.17) is 9.15 Å². The van der Waals surface area contributed by atoms with Crippen LogP contribution in [0.2, 0.25) is 0 Å². The number of rotatable bonds is 6. The van der Waals surface area contributed by atoms with Crippen LogP contribution in [0.5, 0.6) is 5.88 Å². The van der Waals surface area contributed by atoms with Crippen LogP contribution in [0.4, 0.5) is 0 Å². The van der Waals surface area contributed by atoms with Gasteiger partial charge < -0.3 is 19.2 Å². The first-order chi connectivity index (χ1) is 13.1. The number of amides is 1. The maximum atomic E-state index is 12.5. The monoisotopic (exact) mass is 373 g/mol. The van der Waals surface area contributed by atoms with Gasteiger partial charge in [-0.1, -0.05) is 0 Å². The fourth-order valence-corrected chi connectivity index (χ4v) is 3.31. The van der Waals surface area contributed by atoms with Crippen LogP contribution >= 0.6 is 0 Å². The second-order valence-corrected chi connectivity index (χ2v) is 6.23. The Labute approximate surface area is 157 Å². The van der Waals surface area contributed by atoms with Crippen molar-refractivity contribution in [3.8, 4) is 5.88 Å². The highest BCUT2D eigenvalue weighted by atomic mass is 16.5. The van der Waals surface area contributed by atoms with Gasteiger partial charge in [-0.15, -0.1) is 0 Å². The molecule has 0 saturated carbocycles. The molecule has 144 valence electrons. The quantitative estimate of drug-likeness (QED) is 0.828. The Bertz CT molecular complexity index is 777. The molecule has 2 aromatic heterocycles. The van der Waals surface area contributed by atoms with E-state index in [9.17, 15) is 14.7 Å². The molecule has 0 aromatic carbocycles. The van der Waals surface area contributed by atoms with Crippen molar-refractivity contribution in [3.05, 3.63) is 48.0 Å². The van der Waals surface area contributed by atoms with Crippen molar-refractivity contribution in [2.75, 3.05) is 32.8 Å². The number of carboxylic acid groups (broad SMARTS) is 1. The number of carbonyl (C=O) groups excluding carboxylic acids is 1. The second kappa shape index (κ2) is 8.68. The number of carbonyl (C=O) groups is 2. The highest BCUT2D eigenvalue weighted by molar-refractivity contribution is 5.91. The molecule has 1 unspecified atom stereocenters. The van der Waals surface area contributed by atoms with Crippen LogP contribution in [0, 0.1) is 0 Å². The third-order valence-corrected chi connectivity index (χ3v) is 4.52. The van der Waals surface area contributed by atoms with Crippen LogP contribution in [-0.4, -0.2) is 64.6 Å². The van der Waals surface area contributed by atoms with Crippen molar-refractivity contribution in [1.29, 1.82) is 0 Å². The number of aliphatic carboxylic acids is 1. The van der Waals surface area contributed by atoms with Gasteiger partial charge in [-0.05, 0) is 37.6 Å². The number of hydrogen-bond donors (Lipinski definition) is 1. The SMILES string of the molecule is CCOc1ncccc1C(C(=O)O)N1CCCN(C(=O)c2ccco2)CC1. The smallest absolute Gasteiger partial charge is 0.325 e. The van der Waals surface area contributed by atoms with Crippen LogP contribution in [0.1, 0.15) is 35.5 Å². The predicted octanol–water partition coefficient (Wildman–Crippen LogP) is 2.05. The maximum Gasteiger partial charge on any atom is 0.325 e. The fraction of sp³-hybridized carbons (Fsp3) is 0.421. The normalized spacial score (nSPS) is 16.6. The van der Waals surface area contributed by atoms with Gasteiger partial charge in [0.05, 0.1) is 12.9 Å². The molecule has 1 N–H and O–H groups in total. The fourth-order valence-electron chi connectivity index (χ4n) is 3.31. The summed E-state index contributed by atoms with van der Waals surface area (Å²) in [6.45, 7) is 4.20. The first-order valence-electron chi connectivity index (χ1n) is 8.99. The van der Waals surface area contributed by atoms with Gasteiger partial charge in [-0.2, -0.15) is 0 Å². The molecule has 0 spiro atoms. The van der Waals surface area contributed by atoms with Crippen molar-refractivity contribution < 1.29 is 23.8 Å². The molecule has 0 radical (unpaired) electrons. The van der Waals surface area contributed by atoms with Gasteiger partial charge in [-0.3, -0.25) is 14.5 Å². The predicted molar refractivity (Wildman–Crippen MR) is 96.6 cm³/mol. The van der Waals surface area contributed by atoms with Gasteiger partial charge in [0.2, 0.25) is 5.88 Å². The lowest BCUT2D eigenvalue weighted by molar-refractivity contribution is -0.143. The Morgan fingerprint density at radius 2 is 2.11 bits per heavy atom. The summed E-state index contributed by atoms with van der Waals surface area (Å²) < 4.78 is 10.7. The number of nitrogens with zero attached hydrogens (tertiary/aromatic N) is 3. The van der Waals surface area contributed by atoms with Crippen molar-refractivity contribution in [2.45, 2.75) is 19.4 Å². The molecule has 1 fully saturated rings. The molecule has 8 heteroatoms. The summed E-state index contributed by atoms with van der Waals surface area (Å²) in [4.78, 5) is 32.3. The maximum absolute atomic E-state index is 12.5. The van der Waals surface area contributed by atoms with E-state index in [1.165, 1.54) is 6.26 Å². The van der Waals surface area contributed by atoms with Crippen LogP contribution in [0.3, 0.4) is 0 Å². The number of furan rings is 1. The molecule has 1 aliphatic heterocycles. The van der Waals surface area contributed by atoms with Gasteiger partial charge in [0, 0.05) is 37.9 Å². The Balaban J connectivity index is 1.78. The molecular formula is C19H23N3O5. The van der Waals surface area contributed by atoms with E-state index >= 15 is 0 Å². The van der Waals surface area contributed by atoms with E-state index in [2.05, 4.69) is 4.98 Å². The third kappa shape index (κ3) is 4.28. The summed E-state index contributed by atoms with van der Waals surface area (Å²) in [7, 11) is 0. The molecule has 8 nitrogen and oxygen atoms in total. The largest absolute Gasteiger partial charge is 0.480 e. The van der Waals surface area contributed by atoms with E-state index in [0.29, 0.717) is 56.4 Å². The minimum atomic E-state index is -0.963. The summed E-state index contributed by atoms with van der Waals surface area (Å²) in [6, 6.07) is 5.87. The lowest BCUT2D eigenvalue weighted by Crippen LogP contribution is -2.38. The van der Waals surface area contributed by atoms with Crippen LogP contribution in [0.15, 0.2) is 41.1 Å². The van der Waals surface area contributed by atoms with Gasteiger partial charge in [0.1, 0.15) is 6.04 Å². The zero-order valence-electron chi connectivity index (χ0n) is 15.2. The molecule has 3 rings (SSSR count). The zero-order chi connectivity index (χ0) is 19.2. The Kier molecular flexibility index (Phi) is 6.08. The van der Waals surface area contributed by atoms with Gasteiger partial charge >= 0.3 is 5.97 Å². The second-order valence-electron chi connectivity index (χ2n) is 6.23. The number of aromatic nitrogens is 1. The van der Waals surface area contributed by atoms with Crippen molar-refractivity contribution in [1.82, 2.24) is 14.8 Å².